The van der Waals surface area contributed by atoms with Gasteiger partial charge in [0.15, 0.2) is 5.82 Å². The first-order valence-electron chi connectivity index (χ1n) is 5.94. The Morgan fingerprint density at radius 3 is 3.05 bits per heavy atom. The summed E-state index contributed by atoms with van der Waals surface area (Å²) in [5, 5.41) is 15.0. The molecule has 2 rings (SSSR count). The van der Waals surface area contributed by atoms with Gasteiger partial charge in [0.25, 0.3) is 5.91 Å². The van der Waals surface area contributed by atoms with Crippen LogP contribution < -0.4 is 5.32 Å². The number of rotatable bonds is 3. The molecule has 6 nitrogen and oxygen atoms in total. The zero-order chi connectivity index (χ0) is 14.4. The zero-order valence-corrected chi connectivity index (χ0v) is 10.9. The number of carbonyl (C=O) groups excluding carboxylic acids is 1. The van der Waals surface area contributed by atoms with Crippen LogP contribution in [-0.4, -0.2) is 27.8 Å². The fourth-order valence-electron chi connectivity index (χ4n) is 1.61. The maximum atomic E-state index is 12.1. The Kier molecular flexibility index (Phi) is 4.47. The fraction of sp³-hybridized carbons (Fsp3) is 0.214. The van der Waals surface area contributed by atoms with Gasteiger partial charge in [-0.2, -0.15) is 4.98 Å². The van der Waals surface area contributed by atoms with Crippen molar-refractivity contribution in [3.05, 3.63) is 47.1 Å². The number of aliphatic hydroxyl groups excluding tert-OH is 1. The number of benzene rings is 1. The number of aryl methyl sites for hydroxylation is 1. The van der Waals surface area contributed by atoms with Gasteiger partial charge in [-0.3, -0.25) is 4.79 Å². The van der Waals surface area contributed by atoms with Crippen molar-refractivity contribution in [2.45, 2.75) is 13.5 Å². The molecule has 0 atom stereocenters. The van der Waals surface area contributed by atoms with Crippen LogP contribution in [0.25, 0.3) is 0 Å². The third kappa shape index (κ3) is 3.43. The summed E-state index contributed by atoms with van der Waals surface area (Å²) in [7, 11) is 0. The van der Waals surface area contributed by atoms with E-state index in [4.69, 9.17) is 5.11 Å². The Morgan fingerprint density at radius 2 is 2.35 bits per heavy atom. The van der Waals surface area contributed by atoms with Crippen LogP contribution in [-0.2, 0) is 6.54 Å². The van der Waals surface area contributed by atoms with Gasteiger partial charge in [0, 0.05) is 11.1 Å². The topological polar surface area (TPSA) is 88.2 Å². The van der Waals surface area contributed by atoms with Crippen molar-refractivity contribution in [2.24, 2.45) is 0 Å². The lowest BCUT2D eigenvalue weighted by Crippen LogP contribution is -2.24. The van der Waals surface area contributed by atoms with E-state index in [-0.39, 0.29) is 19.1 Å². The van der Waals surface area contributed by atoms with Crippen molar-refractivity contribution in [1.82, 2.24) is 15.5 Å². The third-order valence-electron chi connectivity index (χ3n) is 2.61. The highest BCUT2D eigenvalue weighted by Gasteiger charge is 2.10. The Hall–Kier alpha value is -2.65. The standard InChI is InChI=1S/C14H13N3O3/c1-10-4-5-11(3-2-6-18)7-12(10)14(19)15-8-13-16-9-20-17-13/h4-5,7,9,18H,6,8H2,1H3,(H,15,19). The molecule has 0 bridgehead atoms. The van der Waals surface area contributed by atoms with Crippen LogP contribution in [0, 0.1) is 18.8 Å². The molecule has 20 heavy (non-hydrogen) atoms. The minimum absolute atomic E-state index is 0.196. The van der Waals surface area contributed by atoms with Crippen molar-refractivity contribution in [2.75, 3.05) is 6.61 Å². The lowest BCUT2D eigenvalue weighted by atomic mass is 10.0. The van der Waals surface area contributed by atoms with Crippen molar-refractivity contribution < 1.29 is 14.4 Å². The molecule has 0 spiro atoms. The van der Waals surface area contributed by atoms with Crippen LogP contribution >= 0.6 is 0 Å². The molecule has 0 saturated heterocycles. The number of aliphatic hydroxyl groups is 1. The highest BCUT2D eigenvalue weighted by Crippen LogP contribution is 2.10. The molecule has 0 saturated carbocycles. The highest BCUT2D eigenvalue weighted by atomic mass is 16.5. The molecule has 2 aromatic rings. The predicted molar refractivity (Wildman–Crippen MR) is 70.6 cm³/mol. The SMILES string of the molecule is Cc1ccc(C#CCO)cc1C(=O)NCc1ncon1. The van der Waals surface area contributed by atoms with Crippen molar-refractivity contribution >= 4 is 5.91 Å². The van der Waals surface area contributed by atoms with E-state index in [0.717, 1.165) is 5.56 Å². The van der Waals surface area contributed by atoms with Crippen LogP contribution in [0.1, 0.15) is 27.3 Å². The number of amides is 1. The van der Waals surface area contributed by atoms with Gasteiger partial charge in [0.05, 0.1) is 6.54 Å². The van der Waals surface area contributed by atoms with Crippen molar-refractivity contribution in [3.8, 4) is 11.8 Å². The molecule has 0 unspecified atom stereocenters. The molecule has 2 N–H and O–H groups in total. The summed E-state index contributed by atoms with van der Waals surface area (Å²) in [6.07, 6.45) is 1.21. The first-order chi connectivity index (χ1) is 9.70. The minimum atomic E-state index is -0.236. The predicted octanol–water partition coefficient (Wildman–Crippen LogP) is 0.652. The summed E-state index contributed by atoms with van der Waals surface area (Å²) in [6, 6.07) is 5.29. The van der Waals surface area contributed by atoms with Gasteiger partial charge in [-0.05, 0) is 24.6 Å². The van der Waals surface area contributed by atoms with Crippen LogP contribution in [0.4, 0.5) is 0 Å². The molecule has 0 radical (unpaired) electrons. The van der Waals surface area contributed by atoms with E-state index in [0.29, 0.717) is 17.0 Å². The Labute approximate surface area is 115 Å². The van der Waals surface area contributed by atoms with Gasteiger partial charge in [0.2, 0.25) is 6.39 Å². The molecular weight excluding hydrogens is 258 g/mol. The van der Waals surface area contributed by atoms with E-state index < -0.39 is 0 Å². The van der Waals surface area contributed by atoms with Crippen LogP contribution in [0.5, 0.6) is 0 Å². The second-order valence-electron chi connectivity index (χ2n) is 4.02. The largest absolute Gasteiger partial charge is 0.384 e. The summed E-state index contributed by atoms with van der Waals surface area (Å²) in [5.74, 6) is 5.49. The van der Waals surface area contributed by atoms with Crippen LogP contribution in [0.15, 0.2) is 29.1 Å². The molecule has 1 heterocycles. The fourth-order valence-corrected chi connectivity index (χ4v) is 1.61. The minimum Gasteiger partial charge on any atom is -0.384 e. The third-order valence-corrected chi connectivity index (χ3v) is 2.61. The lowest BCUT2D eigenvalue weighted by Gasteiger charge is -2.06. The monoisotopic (exact) mass is 271 g/mol. The average molecular weight is 271 g/mol. The van der Waals surface area contributed by atoms with Gasteiger partial charge in [-0.1, -0.05) is 23.1 Å². The van der Waals surface area contributed by atoms with Crippen molar-refractivity contribution in [1.29, 1.82) is 0 Å². The van der Waals surface area contributed by atoms with Gasteiger partial charge in [0.1, 0.15) is 6.61 Å². The van der Waals surface area contributed by atoms with E-state index >= 15 is 0 Å². The van der Waals surface area contributed by atoms with E-state index in [2.05, 4.69) is 31.8 Å². The van der Waals surface area contributed by atoms with Crippen LogP contribution in [0.2, 0.25) is 0 Å². The highest BCUT2D eigenvalue weighted by molar-refractivity contribution is 5.95. The first-order valence-corrected chi connectivity index (χ1v) is 5.94. The molecule has 0 aliphatic heterocycles. The Balaban J connectivity index is 2.12. The molecule has 1 aromatic heterocycles. The number of hydrogen-bond acceptors (Lipinski definition) is 5. The maximum absolute atomic E-state index is 12.1. The normalized spacial score (nSPS) is 9.70. The molecule has 1 aromatic carbocycles. The molecule has 0 aliphatic rings. The van der Waals surface area contributed by atoms with Gasteiger partial charge in [-0.25, -0.2) is 0 Å². The van der Waals surface area contributed by atoms with Crippen LogP contribution in [0.3, 0.4) is 0 Å². The Bertz CT molecular complexity index is 654. The maximum Gasteiger partial charge on any atom is 0.251 e. The zero-order valence-electron chi connectivity index (χ0n) is 10.9. The summed E-state index contributed by atoms with van der Waals surface area (Å²) >= 11 is 0. The lowest BCUT2D eigenvalue weighted by molar-refractivity contribution is 0.0949. The van der Waals surface area contributed by atoms with E-state index in [1.807, 2.05) is 13.0 Å². The number of carbonyl (C=O) groups is 1. The number of aromatic nitrogens is 2. The molecule has 6 heteroatoms. The number of nitrogens with one attached hydrogen (secondary N) is 1. The molecular formula is C14H13N3O3. The van der Waals surface area contributed by atoms with E-state index in [1.165, 1.54) is 6.39 Å². The molecule has 0 fully saturated rings. The molecule has 0 aliphatic carbocycles. The van der Waals surface area contributed by atoms with Gasteiger partial charge >= 0.3 is 0 Å². The Morgan fingerprint density at radius 1 is 1.50 bits per heavy atom. The second kappa shape index (κ2) is 6.50. The first kappa shape index (κ1) is 13.8. The quantitative estimate of drug-likeness (QED) is 0.800. The van der Waals surface area contributed by atoms with Crippen molar-refractivity contribution in [3.63, 3.8) is 0 Å². The van der Waals surface area contributed by atoms with E-state index in [9.17, 15) is 4.79 Å². The summed E-state index contributed by atoms with van der Waals surface area (Å²) < 4.78 is 4.59. The molecule has 102 valence electrons. The van der Waals surface area contributed by atoms with Gasteiger partial charge in [-0.15, -0.1) is 0 Å². The summed E-state index contributed by atoms with van der Waals surface area (Å²) in [6.45, 7) is 1.82. The molecule has 1 amide bonds. The van der Waals surface area contributed by atoms with Gasteiger partial charge < -0.3 is 14.9 Å². The number of nitrogens with zero attached hydrogens (tertiary/aromatic N) is 2. The summed E-state index contributed by atoms with van der Waals surface area (Å²) in [5.41, 5.74) is 2.04. The average Bonchev–Trinajstić information content (AvgIpc) is 2.97. The smallest absolute Gasteiger partial charge is 0.251 e. The summed E-state index contributed by atoms with van der Waals surface area (Å²) in [4.78, 5) is 15.9. The van der Waals surface area contributed by atoms with E-state index in [1.54, 1.807) is 12.1 Å². The number of hydrogen-bond donors (Lipinski definition) is 2. The second-order valence-corrected chi connectivity index (χ2v) is 4.02.